The number of benzene rings is 1. The van der Waals surface area contributed by atoms with E-state index in [1.54, 1.807) is 18.2 Å². The fraction of sp³-hybridized carbons (Fsp3) is 0. The normalized spacial score (nSPS) is 9.77. The van der Waals surface area contributed by atoms with Crippen LogP contribution in [0.2, 0.25) is 0 Å². The van der Waals surface area contributed by atoms with Crippen LogP contribution in [0.15, 0.2) is 30.3 Å². The number of carboxylic acids is 1. The van der Waals surface area contributed by atoms with Crippen LogP contribution in [-0.2, 0) is 0 Å². The number of allylic oxidation sites excluding steroid dienone is 1. The van der Waals surface area contributed by atoms with Crippen molar-refractivity contribution in [1.29, 1.82) is 5.26 Å². The zero-order valence-electron chi connectivity index (χ0n) is 6.77. The molecule has 0 aliphatic carbocycles. The van der Waals surface area contributed by atoms with E-state index in [2.05, 4.69) is 0 Å². The van der Waals surface area contributed by atoms with Gasteiger partial charge in [-0.05, 0) is 23.8 Å². The van der Waals surface area contributed by atoms with E-state index < -0.39 is 5.97 Å². The number of nitrogens with zero attached hydrogens (tertiary/aromatic N) is 1. The largest absolute Gasteiger partial charge is 0.478 e. The van der Waals surface area contributed by atoms with E-state index >= 15 is 0 Å². The minimum atomic E-state index is -0.948. The Morgan fingerprint density at radius 2 is 2.00 bits per heavy atom. The third-order valence-corrected chi connectivity index (χ3v) is 1.51. The van der Waals surface area contributed by atoms with Gasteiger partial charge < -0.3 is 5.11 Å². The molecule has 0 saturated heterocycles. The predicted octanol–water partition coefficient (Wildman–Crippen LogP) is 1.92. The van der Waals surface area contributed by atoms with E-state index in [0.29, 0.717) is 0 Å². The molecule has 3 heteroatoms. The summed E-state index contributed by atoms with van der Waals surface area (Å²) < 4.78 is 0. The summed E-state index contributed by atoms with van der Waals surface area (Å²) in [4.78, 5) is 10.5. The third-order valence-electron chi connectivity index (χ3n) is 1.51. The lowest BCUT2D eigenvalue weighted by atomic mass is 10.1. The number of hydrogen-bond acceptors (Lipinski definition) is 2. The van der Waals surface area contributed by atoms with Gasteiger partial charge in [-0.3, -0.25) is 0 Å². The van der Waals surface area contributed by atoms with Crippen LogP contribution in [-0.4, -0.2) is 11.1 Å². The lowest BCUT2D eigenvalue weighted by molar-refractivity contribution is 0.0697. The Kier molecular flexibility index (Phi) is 2.82. The van der Waals surface area contributed by atoms with Gasteiger partial charge in [0.05, 0.1) is 11.6 Å². The van der Waals surface area contributed by atoms with E-state index in [9.17, 15) is 4.79 Å². The Balaban J connectivity index is 2.89. The maximum Gasteiger partial charge on any atom is 0.335 e. The van der Waals surface area contributed by atoms with Crippen LogP contribution < -0.4 is 0 Å². The van der Waals surface area contributed by atoms with Crippen LogP contribution in [0.1, 0.15) is 15.9 Å². The minimum absolute atomic E-state index is 0.245. The molecule has 0 heterocycles. The van der Waals surface area contributed by atoms with Crippen LogP contribution in [0.4, 0.5) is 0 Å². The van der Waals surface area contributed by atoms with E-state index in [4.69, 9.17) is 10.4 Å². The molecule has 0 unspecified atom stereocenters. The molecule has 0 atom stereocenters. The Morgan fingerprint density at radius 3 is 2.46 bits per heavy atom. The smallest absolute Gasteiger partial charge is 0.335 e. The quantitative estimate of drug-likeness (QED) is 0.695. The third kappa shape index (κ3) is 2.46. The highest BCUT2D eigenvalue weighted by molar-refractivity contribution is 5.87. The lowest BCUT2D eigenvalue weighted by Crippen LogP contribution is -1.94. The first-order chi connectivity index (χ1) is 6.24. The highest BCUT2D eigenvalue weighted by Gasteiger charge is 1.99. The van der Waals surface area contributed by atoms with Gasteiger partial charge in [-0.2, -0.15) is 5.26 Å². The number of aromatic carboxylic acids is 1. The Hall–Kier alpha value is -2.08. The Morgan fingerprint density at radius 1 is 1.38 bits per heavy atom. The number of carbonyl (C=O) groups is 1. The summed E-state index contributed by atoms with van der Waals surface area (Å²) in [7, 11) is 0. The summed E-state index contributed by atoms with van der Waals surface area (Å²) in [6.07, 6.45) is 2.96. The molecule has 0 fully saturated rings. The topological polar surface area (TPSA) is 61.1 Å². The number of hydrogen-bond donors (Lipinski definition) is 1. The summed E-state index contributed by atoms with van der Waals surface area (Å²) in [5, 5.41) is 16.8. The average Bonchev–Trinajstić information content (AvgIpc) is 2.15. The van der Waals surface area contributed by atoms with Gasteiger partial charge in [-0.15, -0.1) is 0 Å². The monoisotopic (exact) mass is 173 g/mol. The minimum Gasteiger partial charge on any atom is -0.478 e. The van der Waals surface area contributed by atoms with Crippen molar-refractivity contribution < 1.29 is 9.90 Å². The summed E-state index contributed by atoms with van der Waals surface area (Å²) in [5.74, 6) is -0.948. The molecule has 0 aromatic heterocycles. The van der Waals surface area contributed by atoms with Gasteiger partial charge in [0.15, 0.2) is 0 Å². The second-order valence-electron chi connectivity index (χ2n) is 2.39. The van der Waals surface area contributed by atoms with E-state index in [1.165, 1.54) is 18.2 Å². The zero-order valence-corrected chi connectivity index (χ0v) is 6.77. The molecule has 0 amide bonds. The molecule has 1 aromatic carbocycles. The molecule has 0 aliphatic heterocycles. The molecule has 0 radical (unpaired) electrons. The Bertz CT molecular complexity index is 371. The number of nitriles is 1. The van der Waals surface area contributed by atoms with Crippen molar-refractivity contribution in [3.05, 3.63) is 41.5 Å². The molecular weight excluding hydrogens is 166 g/mol. The van der Waals surface area contributed by atoms with Gasteiger partial charge in [0, 0.05) is 6.08 Å². The first-order valence-electron chi connectivity index (χ1n) is 3.63. The summed E-state index contributed by atoms with van der Waals surface area (Å²) in [6, 6.07) is 8.16. The summed E-state index contributed by atoms with van der Waals surface area (Å²) in [6.45, 7) is 0. The van der Waals surface area contributed by atoms with Crippen molar-refractivity contribution in [2.45, 2.75) is 0 Å². The molecule has 64 valence electrons. The van der Waals surface area contributed by atoms with Crippen molar-refractivity contribution in [3.8, 4) is 6.07 Å². The van der Waals surface area contributed by atoms with Gasteiger partial charge >= 0.3 is 5.97 Å². The zero-order chi connectivity index (χ0) is 9.68. The van der Waals surface area contributed by atoms with Crippen molar-refractivity contribution in [3.63, 3.8) is 0 Å². The fourth-order valence-electron chi connectivity index (χ4n) is 0.870. The molecule has 0 bridgehead atoms. The maximum atomic E-state index is 10.5. The fourth-order valence-corrected chi connectivity index (χ4v) is 0.870. The van der Waals surface area contributed by atoms with Crippen molar-refractivity contribution in [1.82, 2.24) is 0 Å². The SMILES string of the molecule is N#CC=Cc1ccc(C(=O)O)cc1. The highest BCUT2D eigenvalue weighted by Crippen LogP contribution is 2.05. The second kappa shape index (κ2) is 4.07. The molecule has 1 N–H and O–H groups in total. The number of carboxylic acid groups (broad SMARTS) is 1. The van der Waals surface area contributed by atoms with Gasteiger partial charge in [0.25, 0.3) is 0 Å². The molecule has 1 aromatic rings. The van der Waals surface area contributed by atoms with Gasteiger partial charge in [-0.25, -0.2) is 4.79 Å². The van der Waals surface area contributed by atoms with E-state index in [-0.39, 0.29) is 5.56 Å². The lowest BCUT2D eigenvalue weighted by Gasteiger charge is -1.94. The van der Waals surface area contributed by atoms with Crippen LogP contribution >= 0.6 is 0 Å². The average molecular weight is 173 g/mol. The maximum absolute atomic E-state index is 10.5. The summed E-state index contributed by atoms with van der Waals surface area (Å²) in [5.41, 5.74) is 1.06. The predicted molar refractivity (Wildman–Crippen MR) is 48.0 cm³/mol. The van der Waals surface area contributed by atoms with Gasteiger partial charge in [-0.1, -0.05) is 12.1 Å². The van der Waals surface area contributed by atoms with Crippen LogP contribution in [0.3, 0.4) is 0 Å². The van der Waals surface area contributed by atoms with Crippen LogP contribution in [0.25, 0.3) is 6.08 Å². The molecule has 3 nitrogen and oxygen atoms in total. The highest BCUT2D eigenvalue weighted by atomic mass is 16.4. The molecule has 1 rings (SSSR count). The standard InChI is InChI=1S/C10H7NO2/c11-7-1-2-8-3-5-9(6-4-8)10(12)13/h1-6H,(H,12,13). The number of rotatable bonds is 2. The van der Waals surface area contributed by atoms with Crippen molar-refractivity contribution in [2.75, 3.05) is 0 Å². The molecular formula is C10H7NO2. The van der Waals surface area contributed by atoms with E-state index in [1.807, 2.05) is 6.07 Å². The van der Waals surface area contributed by atoms with Gasteiger partial charge in [0.1, 0.15) is 0 Å². The van der Waals surface area contributed by atoms with Crippen LogP contribution in [0, 0.1) is 11.3 Å². The second-order valence-corrected chi connectivity index (χ2v) is 2.39. The first kappa shape index (κ1) is 9.01. The molecule has 0 saturated carbocycles. The first-order valence-corrected chi connectivity index (χ1v) is 3.63. The molecule has 0 spiro atoms. The van der Waals surface area contributed by atoms with Gasteiger partial charge in [0.2, 0.25) is 0 Å². The van der Waals surface area contributed by atoms with Crippen molar-refractivity contribution in [2.24, 2.45) is 0 Å². The van der Waals surface area contributed by atoms with Crippen molar-refractivity contribution >= 4 is 12.0 Å². The van der Waals surface area contributed by atoms with E-state index in [0.717, 1.165) is 5.56 Å². The molecule has 0 aliphatic rings. The summed E-state index contributed by atoms with van der Waals surface area (Å²) >= 11 is 0. The Labute approximate surface area is 75.5 Å². The van der Waals surface area contributed by atoms with Crippen LogP contribution in [0.5, 0.6) is 0 Å². The molecule has 13 heavy (non-hydrogen) atoms.